The Labute approximate surface area is 164 Å². The van der Waals surface area contributed by atoms with Crippen LogP contribution in [0, 0.1) is 0 Å². The molecule has 1 aromatic carbocycles. The molecule has 0 saturated carbocycles. The first-order valence-electron chi connectivity index (χ1n) is 8.37. The lowest BCUT2D eigenvalue weighted by Crippen LogP contribution is -2.34. The van der Waals surface area contributed by atoms with Crippen molar-refractivity contribution in [2.24, 2.45) is 5.73 Å². The van der Waals surface area contributed by atoms with Gasteiger partial charge in [-0.2, -0.15) is 4.31 Å². The lowest BCUT2D eigenvalue weighted by atomic mass is 10.0. The molecule has 1 amide bonds. The summed E-state index contributed by atoms with van der Waals surface area (Å²) in [5.74, 6) is -1.09. The molecule has 11 heteroatoms. The Hall–Kier alpha value is -2.92. The molecule has 0 atom stereocenters. The van der Waals surface area contributed by atoms with E-state index in [2.05, 4.69) is 9.72 Å². The summed E-state index contributed by atoms with van der Waals surface area (Å²) >= 11 is 0. The van der Waals surface area contributed by atoms with Crippen molar-refractivity contribution in [1.82, 2.24) is 9.29 Å². The molecule has 0 bridgehead atoms. The number of hydrogen-bond donors (Lipinski definition) is 1. The van der Waals surface area contributed by atoms with Gasteiger partial charge in [0.15, 0.2) is 0 Å². The van der Waals surface area contributed by atoms with E-state index in [4.69, 9.17) is 5.73 Å². The number of halogens is 3. The van der Waals surface area contributed by atoms with Crippen LogP contribution in [0.1, 0.15) is 22.5 Å². The van der Waals surface area contributed by atoms with Gasteiger partial charge in [-0.25, -0.2) is 8.42 Å². The van der Waals surface area contributed by atoms with Crippen LogP contribution in [0.3, 0.4) is 0 Å². The van der Waals surface area contributed by atoms with Gasteiger partial charge in [0.25, 0.3) is 0 Å². The maximum absolute atomic E-state index is 12.7. The predicted octanol–water partition coefficient (Wildman–Crippen LogP) is 2.56. The van der Waals surface area contributed by atoms with Gasteiger partial charge in [0, 0.05) is 24.8 Å². The van der Waals surface area contributed by atoms with Gasteiger partial charge in [0.2, 0.25) is 15.9 Å². The van der Waals surface area contributed by atoms with Gasteiger partial charge in [-0.05, 0) is 48.4 Å². The number of nitrogens with two attached hydrogens (primary N) is 1. The fourth-order valence-electron chi connectivity index (χ4n) is 2.82. The highest BCUT2D eigenvalue weighted by Gasteiger charge is 2.32. The van der Waals surface area contributed by atoms with Gasteiger partial charge < -0.3 is 10.5 Å². The number of aromatic nitrogens is 1. The molecule has 3 rings (SSSR count). The molecule has 1 aromatic heterocycles. The summed E-state index contributed by atoms with van der Waals surface area (Å²) in [6.07, 6.45) is -1.38. The van der Waals surface area contributed by atoms with E-state index < -0.39 is 28.0 Å². The maximum Gasteiger partial charge on any atom is 0.573 e. The molecule has 0 saturated heterocycles. The van der Waals surface area contributed by atoms with Crippen molar-refractivity contribution in [3.8, 4) is 5.75 Å². The van der Waals surface area contributed by atoms with Crippen molar-refractivity contribution in [1.29, 1.82) is 0 Å². The van der Waals surface area contributed by atoms with Crippen LogP contribution in [0.15, 0.2) is 53.6 Å². The number of hydrogen-bond acceptors (Lipinski definition) is 5. The number of sulfonamides is 1. The van der Waals surface area contributed by atoms with Crippen LogP contribution in [0.5, 0.6) is 5.75 Å². The minimum Gasteiger partial charge on any atom is -0.406 e. The Bertz CT molecular complexity index is 1050. The molecule has 2 heterocycles. The van der Waals surface area contributed by atoms with Crippen LogP contribution in [0.4, 0.5) is 13.2 Å². The molecule has 1 aliphatic rings. The van der Waals surface area contributed by atoms with E-state index in [1.54, 1.807) is 6.08 Å². The molecule has 7 nitrogen and oxygen atoms in total. The molecular weight excluding hydrogens is 411 g/mol. The zero-order chi connectivity index (χ0) is 21.2. The lowest BCUT2D eigenvalue weighted by Gasteiger charge is -2.25. The molecule has 2 N–H and O–H groups in total. The maximum atomic E-state index is 12.7. The second kappa shape index (κ2) is 7.84. The normalized spacial score (nSPS) is 15.6. The number of alkyl halides is 3. The monoisotopic (exact) mass is 427 g/mol. The Morgan fingerprint density at radius 2 is 1.86 bits per heavy atom. The molecular formula is C18H16F3N3O4S. The van der Waals surface area contributed by atoms with Gasteiger partial charge in [0.05, 0.1) is 10.6 Å². The molecule has 0 unspecified atom stereocenters. The zero-order valence-electron chi connectivity index (χ0n) is 14.9. The Balaban J connectivity index is 1.75. The van der Waals surface area contributed by atoms with Crippen LogP contribution in [0.2, 0.25) is 0 Å². The van der Waals surface area contributed by atoms with Crippen molar-refractivity contribution >= 4 is 21.5 Å². The van der Waals surface area contributed by atoms with Gasteiger partial charge in [-0.3, -0.25) is 9.78 Å². The van der Waals surface area contributed by atoms with Crippen molar-refractivity contribution in [3.05, 3.63) is 59.9 Å². The quantitative estimate of drug-likeness (QED) is 0.790. The Kier molecular flexibility index (Phi) is 5.62. The third kappa shape index (κ3) is 4.93. The number of carbonyl (C=O) groups is 1. The second-order valence-electron chi connectivity index (χ2n) is 6.16. The van der Waals surface area contributed by atoms with E-state index in [1.165, 1.54) is 22.6 Å². The summed E-state index contributed by atoms with van der Waals surface area (Å²) in [4.78, 5) is 15.3. The summed E-state index contributed by atoms with van der Waals surface area (Å²) in [7, 11) is -3.89. The van der Waals surface area contributed by atoms with Crippen LogP contribution in [-0.2, 0) is 10.0 Å². The number of ether oxygens (including phenoxy) is 1. The largest absolute Gasteiger partial charge is 0.573 e. The van der Waals surface area contributed by atoms with E-state index in [-0.39, 0.29) is 18.0 Å². The predicted molar refractivity (Wildman–Crippen MR) is 97.2 cm³/mol. The summed E-state index contributed by atoms with van der Waals surface area (Å²) in [5.41, 5.74) is 6.86. The summed E-state index contributed by atoms with van der Waals surface area (Å²) < 4.78 is 67.1. The highest BCUT2D eigenvalue weighted by Crippen LogP contribution is 2.28. The second-order valence-corrected chi connectivity index (χ2v) is 8.09. The smallest absolute Gasteiger partial charge is 0.406 e. The van der Waals surface area contributed by atoms with Crippen LogP contribution in [0.25, 0.3) is 5.57 Å². The number of pyridine rings is 1. The average molecular weight is 427 g/mol. The highest BCUT2D eigenvalue weighted by atomic mass is 32.2. The summed E-state index contributed by atoms with van der Waals surface area (Å²) in [5, 5.41) is 0. The van der Waals surface area contributed by atoms with E-state index >= 15 is 0 Å². The number of benzene rings is 1. The number of primary amides is 1. The number of carbonyl (C=O) groups excluding carboxylic acids is 1. The van der Waals surface area contributed by atoms with Crippen molar-refractivity contribution in [2.75, 3.05) is 13.1 Å². The molecule has 0 spiro atoms. The van der Waals surface area contributed by atoms with Crippen LogP contribution in [-0.4, -0.2) is 43.1 Å². The summed E-state index contributed by atoms with van der Waals surface area (Å²) in [6.45, 7) is 0.207. The van der Waals surface area contributed by atoms with Gasteiger partial charge >= 0.3 is 6.36 Å². The molecule has 154 valence electrons. The Morgan fingerprint density at radius 3 is 2.41 bits per heavy atom. The van der Waals surface area contributed by atoms with E-state index in [9.17, 15) is 26.4 Å². The molecule has 1 aliphatic heterocycles. The first-order chi connectivity index (χ1) is 13.6. The average Bonchev–Trinajstić information content (AvgIpc) is 2.67. The van der Waals surface area contributed by atoms with Crippen molar-refractivity contribution in [2.45, 2.75) is 17.7 Å². The fraction of sp³-hybridized carbons (Fsp3) is 0.222. The third-order valence-electron chi connectivity index (χ3n) is 4.24. The summed E-state index contributed by atoms with van der Waals surface area (Å²) in [6, 6.07) is 7.05. The van der Waals surface area contributed by atoms with Gasteiger partial charge in [-0.1, -0.05) is 6.08 Å². The standard InChI is InChI=1S/C18H16F3N3O4S/c19-18(20,21)28-14-1-3-15(4-2-14)29(26,27)24-9-6-12(7-10-24)16-11-13(17(22)25)5-8-23-16/h1-6,8,11H,7,9-10H2,(H2,22,25). The molecule has 0 radical (unpaired) electrons. The Morgan fingerprint density at radius 1 is 1.17 bits per heavy atom. The number of rotatable bonds is 5. The molecule has 0 aliphatic carbocycles. The van der Waals surface area contributed by atoms with Gasteiger partial charge in [0.1, 0.15) is 5.75 Å². The lowest BCUT2D eigenvalue weighted by molar-refractivity contribution is -0.274. The molecule has 0 fully saturated rings. The first kappa shape index (κ1) is 20.8. The number of amides is 1. The van der Waals surface area contributed by atoms with Crippen LogP contribution >= 0.6 is 0 Å². The van der Waals surface area contributed by atoms with E-state index in [0.29, 0.717) is 17.7 Å². The third-order valence-corrected chi connectivity index (χ3v) is 6.12. The zero-order valence-corrected chi connectivity index (χ0v) is 15.7. The topological polar surface area (TPSA) is 103 Å². The van der Waals surface area contributed by atoms with E-state index in [1.807, 2.05) is 0 Å². The highest BCUT2D eigenvalue weighted by molar-refractivity contribution is 7.89. The minimum absolute atomic E-state index is 0.0565. The van der Waals surface area contributed by atoms with Crippen LogP contribution < -0.4 is 10.5 Å². The molecule has 2 aromatic rings. The number of nitrogens with zero attached hydrogens (tertiary/aromatic N) is 2. The minimum atomic E-state index is -4.85. The molecule has 29 heavy (non-hydrogen) atoms. The first-order valence-corrected chi connectivity index (χ1v) is 9.81. The van der Waals surface area contributed by atoms with Crippen molar-refractivity contribution < 1.29 is 31.1 Å². The van der Waals surface area contributed by atoms with Crippen molar-refractivity contribution in [3.63, 3.8) is 0 Å². The SMILES string of the molecule is NC(=O)c1ccnc(C2=CCN(S(=O)(=O)c3ccc(OC(F)(F)F)cc3)CC2)c1. The van der Waals surface area contributed by atoms with E-state index in [0.717, 1.165) is 29.8 Å². The fourth-order valence-corrected chi connectivity index (χ4v) is 4.20. The van der Waals surface area contributed by atoms with Gasteiger partial charge in [-0.15, -0.1) is 13.2 Å².